The topological polar surface area (TPSA) is 38.5 Å². The largest absolute Gasteiger partial charge is 0.374 e. The summed E-state index contributed by atoms with van der Waals surface area (Å²) in [5, 5.41) is 0. The van der Waals surface area contributed by atoms with Crippen molar-refractivity contribution >= 4 is 0 Å². The molecule has 0 aromatic carbocycles. The first kappa shape index (κ1) is 7.98. The van der Waals surface area contributed by atoms with Crippen LogP contribution in [0.1, 0.15) is 6.92 Å². The molecule has 1 aliphatic rings. The highest BCUT2D eigenvalue weighted by Gasteiger charge is 2.16. The number of likely N-dealkylation sites (N-methyl/N-ethyl adjacent to an activating group) is 1. The molecule has 1 aliphatic heterocycles. The lowest BCUT2D eigenvalue weighted by molar-refractivity contribution is -0.0212. The van der Waals surface area contributed by atoms with Crippen LogP contribution in [-0.4, -0.2) is 43.8 Å². The summed E-state index contributed by atoms with van der Waals surface area (Å²) in [6.45, 7) is 6.84. The molecule has 3 nitrogen and oxygen atoms in total. The first-order chi connectivity index (χ1) is 4.86. The smallest absolute Gasteiger partial charge is 0.0824 e. The first-order valence-electron chi connectivity index (χ1n) is 3.90. The summed E-state index contributed by atoms with van der Waals surface area (Å²) in [5.74, 6) is 0. The molecular weight excluding hydrogens is 128 g/mol. The molecule has 1 heterocycles. The monoisotopic (exact) mass is 144 g/mol. The molecule has 0 radical (unpaired) electrons. The summed E-state index contributed by atoms with van der Waals surface area (Å²) >= 11 is 0. The van der Waals surface area contributed by atoms with Gasteiger partial charge in [0.2, 0.25) is 0 Å². The van der Waals surface area contributed by atoms with Crippen molar-refractivity contribution in [2.75, 3.05) is 32.8 Å². The van der Waals surface area contributed by atoms with E-state index in [2.05, 4.69) is 11.8 Å². The van der Waals surface area contributed by atoms with Gasteiger partial charge in [0.05, 0.1) is 12.7 Å². The maximum absolute atomic E-state index is 5.47. The summed E-state index contributed by atoms with van der Waals surface area (Å²) in [6.07, 6.45) is 0.272. The van der Waals surface area contributed by atoms with Gasteiger partial charge in [0.15, 0.2) is 0 Å². The second-order valence-corrected chi connectivity index (χ2v) is 2.62. The number of nitrogens with zero attached hydrogens (tertiary/aromatic N) is 1. The minimum Gasteiger partial charge on any atom is -0.374 e. The van der Waals surface area contributed by atoms with E-state index in [1.807, 2.05) is 0 Å². The van der Waals surface area contributed by atoms with Gasteiger partial charge in [-0.15, -0.1) is 0 Å². The second-order valence-electron chi connectivity index (χ2n) is 2.62. The lowest BCUT2D eigenvalue weighted by Gasteiger charge is -2.31. The lowest BCUT2D eigenvalue weighted by Crippen LogP contribution is -2.45. The molecule has 0 unspecified atom stereocenters. The van der Waals surface area contributed by atoms with Crippen LogP contribution in [0.25, 0.3) is 0 Å². The Morgan fingerprint density at radius 1 is 1.70 bits per heavy atom. The molecule has 0 amide bonds. The molecule has 60 valence electrons. The highest BCUT2D eigenvalue weighted by molar-refractivity contribution is 4.70. The van der Waals surface area contributed by atoms with Crippen LogP contribution in [0.2, 0.25) is 0 Å². The van der Waals surface area contributed by atoms with Gasteiger partial charge in [-0.1, -0.05) is 6.92 Å². The average molecular weight is 144 g/mol. The Bertz CT molecular complexity index is 87.6. The van der Waals surface area contributed by atoms with Gasteiger partial charge < -0.3 is 10.5 Å². The molecule has 1 atom stereocenters. The van der Waals surface area contributed by atoms with E-state index in [1.54, 1.807) is 0 Å². The Morgan fingerprint density at radius 3 is 3.10 bits per heavy atom. The van der Waals surface area contributed by atoms with E-state index in [0.717, 1.165) is 26.2 Å². The van der Waals surface area contributed by atoms with Gasteiger partial charge in [-0.25, -0.2) is 0 Å². The van der Waals surface area contributed by atoms with Gasteiger partial charge in [-0.3, -0.25) is 4.90 Å². The predicted molar refractivity (Wildman–Crippen MR) is 40.9 cm³/mol. The van der Waals surface area contributed by atoms with Gasteiger partial charge in [-0.05, 0) is 6.54 Å². The van der Waals surface area contributed by atoms with E-state index in [1.165, 1.54) is 0 Å². The zero-order valence-electron chi connectivity index (χ0n) is 6.55. The van der Waals surface area contributed by atoms with Crippen LogP contribution in [0.15, 0.2) is 0 Å². The minimum absolute atomic E-state index is 0.272. The normalized spacial score (nSPS) is 28.8. The summed E-state index contributed by atoms with van der Waals surface area (Å²) in [4.78, 5) is 2.36. The third-order valence-corrected chi connectivity index (χ3v) is 1.93. The number of rotatable bonds is 2. The Kier molecular flexibility index (Phi) is 3.12. The molecule has 0 aromatic rings. The Morgan fingerprint density at radius 2 is 2.50 bits per heavy atom. The molecular formula is C7H16N2O. The fourth-order valence-corrected chi connectivity index (χ4v) is 1.21. The summed E-state index contributed by atoms with van der Waals surface area (Å²) in [6, 6.07) is 0. The highest BCUT2D eigenvalue weighted by atomic mass is 16.5. The van der Waals surface area contributed by atoms with Crippen LogP contribution in [0, 0.1) is 0 Å². The standard InChI is InChI=1S/C7H16N2O/c1-2-9-3-4-10-7(5-8)6-9/h7H,2-6,8H2,1H3/t7-/m1/s1. The number of nitrogens with two attached hydrogens (primary N) is 1. The van der Waals surface area contributed by atoms with Crippen LogP contribution in [0.5, 0.6) is 0 Å². The number of morpholine rings is 1. The zero-order chi connectivity index (χ0) is 7.40. The van der Waals surface area contributed by atoms with Crippen LogP contribution in [-0.2, 0) is 4.74 Å². The van der Waals surface area contributed by atoms with Crippen LogP contribution in [0.4, 0.5) is 0 Å². The molecule has 1 rings (SSSR count). The number of hydrogen-bond acceptors (Lipinski definition) is 3. The quantitative estimate of drug-likeness (QED) is 0.576. The Labute approximate surface area is 62.1 Å². The van der Waals surface area contributed by atoms with Crippen molar-refractivity contribution in [2.45, 2.75) is 13.0 Å². The maximum Gasteiger partial charge on any atom is 0.0824 e. The van der Waals surface area contributed by atoms with E-state index < -0.39 is 0 Å². The van der Waals surface area contributed by atoms with Crippen LogP contribution >= 0.6 is 0 Å². The van der Waals surface area contributed by atoms with Crippen molar-refractivity contribution in [1.29, 1.82) is 0 Å². The molecule has 0 spiro atoms. The van der Waals surface area contributed by atoms with Crippen LogP contribution < -0.4 is 5.73 Å². The summed E-state index contributed by atoms with van der Waals surface area (Å²) in [7, 11) is 0. The molecule has 1 saturated heterocycles. The van der Waals surface area contributed by atoms with Crippen molar-refractivity contribution in [3.8, 4) is 0 Å². The van der Waals surface area contributed by atoms with Crippen LogP contribution in [0.3, 0.4) is 0 Å². The fraction of sp³-hybridized carbons (Fsp3) is 1.00. The molecule has 10 heavy (non-hydrogen) atoms. The predicted octanol–water partition coefficient (Wildman–Crippen LogP) is -0.334. The zero-order valence-corrected chi connectivity index (χ0v) is 6.55. The van der Waals surface area contributed by atoms with Gasteiger partial charge in [-0.2, -0.15) is 0 Å². The average Bonchev–Trinajstić information content (AvgIpc) is 2.05. The Balaban J connectivity index is 2.25. The lowest BCUT2D eigenvalue weighted by atomic mass is 10.3. The fourth-order valence-electron chi connectivity index (χ4n) is 1.21. The van der Waals surface area contributed by atoms with E-state index >= 15 is 0 Å². The molecule has 1 fully saturated rings. The molecule has 0 saturated carbocycles. The Hall–Kier alpha value is -0.120. The summed E-state index contributed by atoms with van der Waals surface area (Å²) < 4.78 is 5.39. The van der Waals surface area contributed by atoms with E-state index in [-0.39, 0.29) is 6.10 Å². The molecule has 2 N–H and O–H groups in total. The molecule has 0 aromatic heterocycles. The van der Waals surface area contributed by atoms with E-state index in [0.29, 0.717) is 6.54 Å². The van der Waals surface area contributed by atoms with Gasteiger partial charge in [0, 0.05) is 19.6 Å². The summed E-state index contributed by atoms with van der Waals surface area (Å²) in [5.41, 5.74) is 5.47. The van der Waals surface area contributed by atoms with Gasteiger partial charge in [0.25, 0.3) is 0 Å². The number of hydrogen-bond donors (Lipinski definition) is 1. The molecule has 0 aliphatic carbocycles. The van der Waals surface area contributed by atoms with Crippen molar-refractivity contribution < 1.29 is 4.74 Å². The van der Waals surface area contributed by atoms with Crippen molar-refractivity contribution in [3.63, 3.8) is 0 Å². The maximum atomic E-state index is 5.47. The van der Waals surface area contributed by atoms with Crippen molar-refractivity contribution in [3.05, 3.63) is 0 Å². The minimum atomic E-state index is 0.272. The van der Waals surface area contributed by atoms with Crippen molar-refractivity contribution in [2.24, 2.45) is 5.73 Å². The van der Waals surface area contributed by atoms with Gasteiger partial charge in [0.1, 0.15) is 0 Å². The van der Waals surface area contributed by atoms with E-state index in [9.17, 15) is 0 Å². The highest BCUT2D eigenvalue weighted by Crippen LogP contribution is 2.02. The SMILES string of the molecule is CCN1CCO[C@H](CN)C1. The third-order valence-electron chi connectivity index (χ3n) is 1.93. The number of ether oxygens (including phenoxy) is 1. The van der Waals surface area contributed by atoms with Crippen molar-refractivity contribution in [1.82, 2.24) is 4.90 Å². The molecule has 0 bridgehead atoms. The van der Waals surface area contributed by atoms with Gasteiger partial charge >= 0.3 is 0 Å². The second kappa shape index (κ2) is 3.91. The van der Waals surface area contributed by atoms with E-state index in [4.69, 9.17) is 10.5 Å². The first-order valence-corrected chi connectivity index (χ1v) is 3.90. The molecule has 3 heteroatoms. The third kappa shape index (κ3) is 1.94.